The van der Waals surface area contributed by atoms with E-state index in [9.17, 15) is 13.6 Å². The molecule has 4 rings (SSSR count). The molecule has 2 aliphatic rings. The Morgan fingerprint density at radius 2 is 1.81 bits per heavy atom. The number of hydrogen-bond acceptors (Lipinski definition) is 4. The molecule has 1 amide bonds. The van der Waals surface area contributed by atoms with Crippen LogP contribution in [-0.2, 0) is 0 Å². The van der Waals surface area contributed by atoms with Crippen LogP contribution in [0.3, 0.4) is 0 Å². The standard InChI is InChI=1S/C19H17F2NO4/c20-18(21)24-14-6-2-1-5-13(14)17(23)22-12-7-8-15-16(11-12)26-19(25-15)9-3-4-10-19/h1-2,5-8,11,18H,3-4,9-10H2,(H,22,23). The summed E-state index contributed by atoms with van der Waals surface area (Å²) in [5.74, 6) is -0.0858. The lowest BCUT2D eigenvalue weighted by atomic mass is 10.2. The summed E-state index contributed by atoms with van der Waals surface area (Å²) in [6.07, 6.45) is 3.78. The van der Waals surface area contributed by atoms with Crippen LogP contribution in [0.1, 0.15) is 36.0 Å². The van der Waals surface area contributed by atoms with E-state index in [1.165, 1.54) is 18.2 Å². The van der Waals surface area contributed by atoms with Crippen molar-refractivity contribution in [2.75, 3.05) is 5.32 Å². The van der Waals surface area contributed by atoms with Gasteiger partial charge in [-0.2, -0.15) is 8.78 Å². The fraction of sp³-hybridized carbons (Fsp3) is 0.316. The summed E-state index contributed by atoms with van der Waals surface area (Å²) in [5, 5.41) is 2.68. The highest BCUT2D eigenvalue weighted by Crippen LogP contribution is 2.47. The summed E-state index contributed by atoms with van der Waals surface area (Å²) >= 11 is 0. The minimum atomic E-state index is -3.00. The first-order chi connectivity index (χ1) is 12.5. The molecule has 136 valence electrons. The molecule has 1 N–H and O–H groups in total. The quantitative estimate of drug-likeness (QED) is 0.866. The van der Waals surface area contributed by atoms with Gasteiger partial charge in [-0.1, -0.05) is 12.1 Å². The zero-order valence-electron chi connectivity index (χ0n) is 13.8. The van der Waals surface area contributed by atoms with Crippen molar-refractivity contribution in [2.45, 2.75) is 38.1 Å². The van der Waals surface area contributed by atoms with Gasteiger partial charge < -0.3 is 19.5 Å². The Balaban J connectivity index is 1.52. The van der Waals surface area contributed by atoms with Gasteiger partial charge in [0.15, 0.2) is 11.5 Å². The molecule has 2 aromatic carbocycles. The van der Waals surface area contributed by atoms with E-state index < -0.39 is 18.3 Å². The number of nitrogens with one attached hydrogen (secondary N) is 1. The number of fused-ring (bicyclic) bond motifs is 1. The third-order valence-corrected chi connectivity index (χ3v) is 4.51. The van der Waals surface area contributed by atoms with Crippen LogP contribution in [0.25, 0.3) is 0 Å². The monoisotopic (exact) mass is 361 g/mol. The van der Waals surface area contributed by atoms with Crippen molar-refractivity contribution in [3.63, 3.8) is 0 Å². The van der Waals surface area contributed by atoms with E-state index in [2.05, 4.69) is 10.1 Å². The smallest absolute Gasteiger partial charge is 0.387 e. The highest BCUT2D eigenvalue weighted by molar-refractivity contribution is 6.06. The number of amides is 1. The molecule has 0 aromatic heterocycles. The van der Waals surface area contributed by atoms with E-state index in [1.807, 2.05) is 0 Å². The Morgan fingerprint density at radius 1 is 1.08 bits per heavy atom. The molecule has 5 nitrogen and oxygen atoms in total. The Kier molecular flexibility index (Phi) is 4.14. The van der Waals surface area contributed by atoms with Crippen molar-refractivity contribution in [2.24, 2.45) is 0 Å². The summed E-state index contributed by atoms with van der Waals surface area (Å²) < 4.78 is 41.3. The topological polar surface area (TPSA) is 56.8 Å². The van der Waals surface area contributed by atoms with Crippen LogP contribution in [0.15, 0.2) is 42.5 Å². The van der Waals surface area contributed by atoms with Crippen molar-refractivity contribution >= 4 is 11.6 Å². The highest BCUT2D eigenvalue weighted by Gasteiger charge is 2.44. The van der Waals surface area contributed by atoms with Crippen LogP contribution in [0.4, 0.5) is 14.5 Å². The Bertz CT molecular complexity index is 834. The first kappa shape index (κ1) is 16.6. The molecule has 1 aliphatic carbocycles. The molecule has 0 unspecified atom stereocenters. The minimum absolute atomic E-state index is 0.0257. The highest BCUT2D eigenvalue weighted by atomic mass is 19.3. The van der Waals surface area contributed by atoms with Gasteiger partial charge >= 0.3 is 6.61 Å². The molecule has 26 heavy (non-hydrogen) atoms. The zero-order valence-corrected chi connectivity index (χ0v) is 13.8. The molecule has 0 atom stereocenters. The van der Waals surface area contributed by atoms with Gasteiger partial charge in [0.05, 0.1) is 5.56 Å². The molecule has 7 heteroatoms. The molecule has 0 bridgehead atoms. The first-order valence-electron chi connectivity index (χ1n) is 8.42. The maximum atomic E-state index is 12.5. The van der Waals surface area contributed by atoms with E-state index in [4.69, 9.17) is 9.47 Å². The molecular formula is C19H17F2NO4. The average molecular weight is 361 g/mol. The maximum Gasteiger partial charge on any atom is 0.387 e. The van der Waals surface area contributed by atoms with Crippen molar-refractivity contribution in [3.05, 3.63) is 48.0 Å². The van der Waals surface area contributed by atoms with Crippen molar-refractivity contribution < 1.29 is 27.8 Å². The zero-order chi connectivity index (χ0) is 18.1. The second kappa shape index (κ2) is 6.48. The number of hydrogen-bond donors (Lipinski definition) is 1. The van der Waals surface area contributed by atoms with Crippen LogP contribution in [0, 0.1) is 0 Å². The molecule has 0 saturated heterocycles. The lowest BCUT2D eigenvalue weighted by Gasteiger charge is -2.21. The summed E-state index contributed by atoms with van der Waals surface area (Å²) in [6, 6.07) is 11.0. The fourth-order valence-corrected chi connectivity index (χ4v) is 3.34. The second-order valence-corrected chi connectivity index (χ2v) is 6.31. The van der Waals surface area contributed by atoms with E-state index in [1.54, 1.807) is 24.3 Å². The molecule has 2 aromatic rings. The van der Waals surface area contributed by atoms with Crippen molar-refractivity contribution in [1.82, 2.24) is 0 Å². The number of alkyl halides is 2. The number of rotatable bonds is 4. The SMILES string of the molecule is O=C(Nc1ccc2c(c1)OC1(CCCC1)O2)c1ccccc1OC(F)F. The second-order valence-electron chi connectivity index (χ2n) is 6.31. The van der Waals surface area contributed by atoms with Crippen molar-refractivity contribution in [1.29, 1.82) is 0 Å². The molecule has 1 fully saturated rings. The van der Waals surface area contributed by atoms with Gasteiger partial charge in [0.2, 0.25) is 0 Å². The molecule has 0 radical (unpaired) electrons. The largest absolute Gasteiger partial charge is 0.448 e. The summed E-state index contributed by atoms with van der Waals surface area (Å²) in [4.78, 5) is 12.5. The predicted molar refractivity (Wildman–Crippen MR) is 89.9 cm³/mol. The number of para-hydroxylation sites is 1. The summed E-state index contributed by atoms with van der Waals surface area (Å²) in [6.45, 7) is -3.00. The number of carbonyl (C=O) groups excluding carboxylic acids is 1. The van der Waals surface area contributed by atoms with Crippen LogP contribution < -0.4 is 19.5 Å². The summed E-state index contributed by atoms with van der Waals surface area (Å²) in [5.41, 5.74) is 0.511. The van der Waals surface area contributed by atoms with Gasteiger partial charge in [0.1, 0.15) is 5.75 Å². The van der Waals surface area contributed by atoms with Gasteiger partial charge in [-0.25, -0.2) is 0 Å². The molecular weight excluding hydrogens is 344 g/mol. The predicted octanol–water partition coefficient (Wildman–Crippen LogP) is 4.58. The fourth-order valence-electron chi connectivity index (χ4n) is 3.34. The molecule has 1 aliphatic heterocycles. The normalized spacial score (nSPS) is 16.9. The van der Waals surface area contributed by atoms with Gasteiger partial charge in [-0.15, -0.1) is 0 Å². The Morgan fingerprint density at radius 3 is 2.58 bits per heavy atom. The number of carbonyl (C=O) groups is 1. The van der Waals surface area contributed by atoms with Crippen LogP contribution in [0.5, 0.6) is 17.2 Å². The van der Waals surface area contributed by atoms with Crippen LogP contribution in [0.2, 0.25) is 0 Å². The third kappa shape index (κ3) is 3.16. The number of anilines is 1. The van der Waals surface area contributed by atoms with Gasteiger partial charge in [-0.05, 0) is 37.1 Å². The number of benzene rings is 2. The number of ether oxygens (including phenoxy) is 3. The minimum Gasteiger partial charge on any atom is -0.448 e. The first-order valence-corrected chi connectivity index (χ1v) is 8.42. The Hall–Kier alpha value is -2.83. The van der Waals surface area contributed by atoms with Gasteiger partial charge in [0, 0.05) is 24.6 Å². The van der Waals surface area contributed by atoms with Crippen molar-refractivity contribution in [3.8, 4) is 17.2 Å². The van der Waals surface area contributed by atoms with E-state index >= 15 is 0 Å². The van der Waals surface area contributed by atoms with Crippen LogP contribution >= 0.6 is 0 Å². The maximum absolute atomic E-state index is 12.5. The van der Waals surface area contributed by atoms with E-state index in [0.29, 0.717) is 17.2 Å². The van der Waals surface area contributed by atoms with Gasteiger partial charge in [-0.3, -0.25) is 4.79 Å². The van der Waals surface area contributed by atoms with E-state index in [0.717, 1.165) is 25.7 Å². The van der Waals surface area contributed by atoms with Crippen LogP contribution in [-0.4, -0.2) is 18.3 Å². The number of halogens is 2. The lowest BCUT2D eigenvalue weighted by molar-refractivity contribution is -0.0716. The lowest BCUT2D eigenvalue weighted by Crippen LogP contribution is -2.34. The summed E-state index contributed by atoms with van der Waals surface area (Å²) in [7, 11) is 0. The molecule has 1 saturated carbocycles. The van der Waals surface area contributed by atoms with E-state index in [-0.39, 0.29) is 11.3 Å². The average Bonchev–Trinajstić information content (AvgIpc) is 3.20. The molecule has 1 heterocycles. The Labute approximate surface area is 148 Å². The van der Waals surface area contributed by atoms with Gasteiger partial charge in [0.25, 0.3) is 11.7 Å². The molecule has 1 spiro atoms. The third-order valence-electron chi connectivity index (χ3n) is 4.51.